The molecular weight excluding hydrogens is 254 g/mol. The van der Waals surface area contributed by atoms with Gasteiger partial charge in [-0.3, -0.25) is 9.78 Å². The van der Waals surface area contributed by atoms with Gasteiger partial charge in [0.05, 0.1) is 6.20 Å². The van der Waals surface area contributed by atoms with Crippen LogP contribution in [0.2, 0.25) is 0 Å². The molecule has 3 aromatic rings. The normalized spacial score (nSPS) is 10.2. The molecule has 1 amide bonds. The minimum atomic E-state index is -0.390. The molecule has 0 spiro atoms. The maximum Gasteiger partial charge on any atom is 0.311 e. The van der Waals surface area contributed by atoms with Crippen LogP contribution in [0.3, 0.4) is 0 Å². The van der Waals surface area contributed by atoms with Crippen LogP contribution in [-0.4, -0.2) is 15.9 Å². The molecule has 98 valence electrons. The van der Waals surface area contributed by atoms with E-state index in [-0.39, 0.29) is 5.89 Å². The van der Waals surface area contributed by atoms with Crippen molar-refractivity contribution in [3.05, 3.63) is 66.9 Å². The minimum absolute atomic E-state index is 0.0284. The lowest BCUT2D eigenvalue weighted by Gasteiger charge is -2.00. The highest BCUT2D eigenvalue weighted by molar-refractivity contribution is 6.01. The molecule has 3 rings (SSSR count). The Hall–Kier alpha value is -2.95. The van der Waals surface area contributed by atoms with Crippen LogP contribution in [0.4, 0.5) is 5.69 Å². The van der Waals surface area contributed by atoms with Gasteiger partial charge in [-0.05, 0) is 12.1 Å². The third kappa shape index (κ3) is 2.56. The van der Waals surface area contributed by atoms with Crippen molar-refractivity contribution in [2.24, 2.45) is 0 Å². The van der Waals surface area contributed by atoms with Crippen LogP contribution in [0.1, 0.15) is 10.7 Å². The van der Waals surface area contributed by atoms with E-state index in [0.29, 0.717) is 11.4 Å². The topological polar surface area (TPSA) is 68.0 Å². The first-order valence-corrected chi connectivity index (χ1v) is 6.05. The molecule has 0 atom stereocenters. The Morgan fingerprint density at radius 3 is 2.55 bits per heavy atom. The first-order valence-electron chi connectivity index (χ1n) is 6.05. The van der Waals surface area contributed by atoms with Crippen LogP contribution in [0.15, 0.2) is 65.5 Å². The molecule has 2 aromatic heterocycles. The average molecular weight is 265 g/mol. The summed E-state index contributed by atoms with van der Waals surface area (Å²) in [7, 11) is 0. The summed E-state index contributed by atoms with van der Waals surface area (Å²) in [4.78, 5) is 19.8. The maximum atomic E-state index is 12.0. The van der Waals surface area contributed by atoms with Crippen molar-refractivity contribution in [2.45, 2.75) is 0 Å². The molecule has 0 aliphatic heterocycles. The van der Waals surface area contributed by atoms with Gasteiger partial charge in [-0.1, -0.05) is 30.3 Å². The van der Waals surface area contributed by atoms with Gasteiger partial charge in [-0.2, -0.15) is 0 Å². The zero-order chi connectivity index (χ0) is 13.8. The minimum Gasteiger partial charge on any atom is -0.432 e. The van der Waals surface area contributed by atoms with E-state index < -0.39 is 5.91 Å². The second-order valence-corrected chi connectivity index (χ2v) is 4.09. The number of rotatable bonds is 3. The number of aromatic nitrogens is 2. The first kappa shape index (κ1) is 12.1. The lowest BCUT2D eigenvalue weighted by Crippen LogP contribution is -2.11. The van der Waals surface area contributed by atoms with Crippen LogP contribution in [0.5, 0.6) is 0 Å². The summed E-state index contributed by atoms with van der Waals surface area (Å²) in [5, 5.41) is 2.69. The molecule has 20 heavy (non-hydrogen) atoms. The Balaban J connectivity index is 1.79. The molecule has 0 saturated heterocycles. The Kier molecular flexibility index (Phi) is 3.24. The van der Waals surface area contributed by atoms with E-state index in [1.165, 1.54) is 6.20 Å². The molecule has 5 heteroatoms. The van der Waals surface area contributed by atoms with E-state index >= 15 is 0 Å². The summed E-state index contributed by atoms with van der Waals surface area (Å²) in [5.74, 6) is 0.199. The fourth-order valence-corrected chi connectivity index (χ4v) is 1.73. The second kappa shape index (κ2) is 5.36. The van der Waals surface area contributed by atoms with Crippen LogP contribution in [0.25, 0.3) is 11.3 Å². The molecule has 0 aliphatic rings. The molecule has 0 bridgehead atoms. The number of anilines is 1. The SMILES string of the molecule is O=C(Nc1ccncc1)c1ncc(-c2ccccc2)o1. The van der Waals surface area contributed by atoms with E-state index in [2.05, 4.69) is 15.3 Å². The van der Waals surface area contributed by atoms with Crippen LogP contribution >= 0.6 is 0 Å². The monoisotopic (exact) mass is 265 g/mol. The Morgan fingerprint density at radius 2 is 1.80 bits per heavy atom. The third-order valence-electron chi connectivity index (χ3n) is 2.70. The number of pyridine rings is 1. The van der Waals surface area contributed by atoms with Crippen molar-refractivity contribution >= 4 is 11.6 Å². The maximum absolute atomic E-state index is 12.0. The van der Waals surface area contributed by atoms with Gasteiger partial charge in [0, 0.05) is 23.6 Å². The van der Waals surface area contributed by atoms with E-state index in [1.54, 1.807) is 24.5 Å². The van der Waals surface area contributed by atoms with Crippen LogP contribution in [-0.2, 0) is 0 Å². The molecule has 5 nitrogen and oxygen atoms in total. The molecule has 1 N–H and O–H groups in total. The summed E-state index contributed by atoms with van der Waals surface area (Å²) in [5.41, 5.74) is 1.52. The number of carbonyl (C=O) groups excluding carboxylic acids is 1. The highest BCUT2D eigenvalue weighted by Gasteiger charge is 2.14. The van der Waals surface area contributed by atoms with Crippen molar-refractivity contribution < 1.29 is 9.21 Å². The molecule has 0 fully saturated rings. The summed E-state index contributed by atoms with van der Waals surface area (Å²) in [6.07, 6.45) is 4.73. The number of carbonyl (C=O) groups is 1. The first-order chi connectivity index (χ1) is 9.83. The standard InChI is InChI=1S/C15H11N3O2/c19-14(18-12-6-8-16-9-7-12)15-17-10-13(20-15)11-4-2-1-3-5-11/h1-10H,(H,16,18,19). The van der Waals surface area contributed by atoms with Gasteiger partial charge in [-0.15, -0.1) is 0 Å². The fourth-order valence-electron chi connectivity index (χ4n) is 1.73. The van der Waals surface area contributed by atoms with Crippen molar-refractivity contribution in [3.63, 3.8) is 0 Å². The van der Waals surface area contributed by atoms with E-state index in [4.69, 9.17) is 4.42 Å². The number of nitrogens with one attached hydrogen (secondary N) is 1. The summed E-state index contributed by atoms with van der Waals surface area (Å²) < 4.78 is 5.46. The Labute approximate surface area is 115 Å². The third-order valence-corrected chi connectivity index (χ3v) is 2.70. The van der Waals surface area contributed by atoms with Gasteiger partial charge in [0.15, 0.2) is 5.76 Å². The second-order valence-electron chi connectivity index (χ2n) is 4.09. The Morgan fingerprint density at radius 1 is 1.05 bits per heavy atom. The quantitative estimate of drug-likeness (QED) is 0.790. The van der Waals surface area contributed by atoms with E-state index in [0.717, 1.165) is 5.56 Å². The average Bonchev–Trinajstić information content (AvgIpc) is 2.99. The van der Waals surface area contributed by atoms with Crippen molar-refractivity contribution in [3.8, 4) is 11.3 Å². The van der Waals surface area contributed by atoms with Crippen molar-refractivity contribution in [2.75, 3.05) is 5.32 Å². The molecule has 0 aliphatic carbocycles. The lowest BCUT2D eigenvalue weighted by atomic mass is 10.2. The van der Waals surface area contributed by atoms with Gasteiger partial charge in [-0.25, -0.2) is 4.98 Å². The molecule has 2 heterocycles. The smallest absolute Gasteiger partial charge is 0.311 e. The highest BCUT2D eigenvalue weighted by atomic mass is 16.4. The molecule has 0 radical (unpaired) electrons. The van der Waals surface area contributed by atoms with Crippen LogP contribution in [0, 0.1) is 0 Å². The molecular formula is C15H11N3O2. The molecule has 0 saturated carbocycles. The fraction of sp³-hybridized carbons (Fsp3) is 0. The molecule has 0 unspecified atom stereocenters. The number of hydrogen-bond acceptors (Lipinski definition) is 4. The van der Waals surface area contributed by atoms with Crippen molar-refractivity contribution in [1.29, 1.82) is 0 Å². The zero-order valence-corrected chi connectivity index (χ0v) is 10.5. The number of nitrogens with zero attached hydrogens (tertiary/aromatic N) is 2. The number of hydrogen-bond donors (Lipinski definition) is 1. The number of oxazole rings is 1. The number of amides is 1. The zero-order valence-electron chi connectivity index (χ0n) is 10.5. The van der Waals surface area contributed by atoms with Gasteiger partial charge in [0.2, 0.25) is 0 Å². The Bertz CT molecular complexity index is 708. The predicted octanol–water partition coefficient (Wildman–Crippen LogP) is 2.99. The van der Waals surface area contributed by atoms with Gasteiger partial charge in [0.25, 0.3) is 5.89 Å². The van der Waals surface area contributed by atoms with Crippen molar-refractivity contribution in [1.82, 2.24) is 9.97 Å². The van der Waals surface area contributed by atoms with E-state index in [1.807, 2.05) is 30.3 Å². The van der Waals surface area contributed by atoms with Crippen LogP contribution < -0.4 is 5.32 Å². The number of benzene rings is 1. The molecule has 1 aromatic carbocycles. The summed E-state index contributed by atoms with van der Waals surface area (Å²) in [6.45, 7) is 0. The predicted molar refractivity (Wildman–Crippen MR) is 74.1 cm³/mol. The highest BCUT2D eigenvalue weighted by Crippen LogP contribution is 2.20. The van der Waals surface area contributed by atoms with Gasteiger partial charge in [0.1, 0.15) is 0 Å². The van der Waals surface area contributed by atoms with Gasteiger partial charge < -0.3 is 9.73 Å². The van der Waals surface area contributed by atoms with E-state index in [9.17, 15) is 4.79 Å². The lowest BCUT2D eigenvalue weighted by molar-refractivity contribution is 0.0991. The largest absolute Gasteiger partial charge is 0.432 e. The summed E-state index contributed by atoms with van der Waals surface area (Å²) in [6, 6.07) is 12.9. The van der Waals surface area contributed by atoms with Gasteiger partial charge >= 0.3 is 5.91 Å². The summed E-state index contributed by atoms with van der Waals surface area (Å²) >= 11 is 0.